The zero-order valence-corrected chi connectivity index (χ0v) is 25.9. The third kappa shape index (κ3) is 6.08. The van der Waals surface area contributed by atoms with Gasteiger partial charge in [0.1, 0.15) is 0 Å². The molecule has 2 amide bonds. The molecule has 1 aliphatic carbocycles. The van der Waals surface area contributed by atoms with Gasteiger partial charge in [-0.15, -0.1) is 0 Å². The van der Waals surface area contributed by atoms with Crippen molar-refractivity contribution in [2.45, 2.75) is 50.9 Å². The maximum atomic E-state index is 13.7. The molecule has 3 heterocycles. The Kier molecular flexibility index (Phi) is 7.97. The molecule has 2 fully saturated rings. The summed E-state index contributed by atoms with van der Waals surface area (Å²) >= 11 is 6.11. The maximum Gasteiger partial charge on any atom is 0.416 e. The second-order valence-corrected chi connectivity index (χ2v) is 13.2. The monoisotopic (exact) mass is 647 g/mol. The minimum absolute atomic E-state index is 0.0303. The summed E-state index contributed by atoms with van der Waals surface area (Å²) in [5, 5.41) is 2.81. The molecule has 238 valence electrons. The van der Waals surface area contributed by atoms with Crippen molar-refractivity contribution in [1.82, 2.24) is 25.1 Å². The van der Waals surface area contributed by atoms with Gasteiger partial charge in [-0.05, 0) is 110 Å². The largest absolute Gasteiger partial charge is 0.416 e. The Morgan fingerprint density at radius 1 is 0.935 bits per heavy atom. The standard InChI is InChI=1S/C35H33ClF3N5O2/c36-28-6-5-25(35(37,38)39)19-27(28)32(45)42-29-8-4-23-2-3-24(18-26(23)29)33(46)44-16-11-34(21-44)9-14-43(15-10-34)20-22-1-7-30-31(17-22)41-13-12-40-30/h1-3,5-7,12-13,17-19,29H,4,8-11,14-16,20-21H2,(H,42,45). The Hall–Kier alpha value is -4.02. The number of rotatable bonds is 5. The van der Waals surface area contributed by atoms with Crippen LogP contribution in [0.2, 0.25) is 5.02 Å². The number of alkyl halides is 3. The van der Waals surface area contributed by atoms with Crippen LogP contribution in [-0.2, 0) is 19.1 Å². The number of aryl methyl sites for hydroxylation is 1. The van der Waals surface area contributed by atoms with Crippen molar-refractivity contribution in [3.8, 4) is 0 Å². The first-order valence-corrected chi connectivity index (χ1v) is 16.0. The summed E-state index contributed by atoms with van der Waals surface area (Å²) in [7, 11) is 0. The van der Waals surface area contributed by atoms with E-state index in [9.17, 15) is 22.8 Å². The number of amides is 2. The first-order chi connectivity index (χ1) is 22.1. The summed E-state index contributed by atoms with van der Waals surface area (Å²) in [4.78, 5) is 39.9. The highest BCUT2D eigenvalue weighted by molar-refractivity contribution is 6.33. The van der Waals surface area contributed by atoms with Gasteiger partial charge in [-0.3, -0.25) is 24.5 Å². The number of fused-ring (bicyclic) bond motifs is 2. The average Bonchev–Trinajstić information content (AvgIpc) is 3.65. The molecule has 46 heavy (non-hydrogen) atoms. The first kappa shape index (κ1) is 30.6. The molecule has 1 aromatic heterocycles. The van der Waals surface area contributed by atoms with E-state index in [1.807, 2.05) is 29.2 Å². The molecule has 0 radical (unpaired) electrons. The van der Waals surface area contributed by atoms with E-state index in [2.05, 4.69) is 32.3 Å². The van der Waals surface area contributed by atoms with Gasteiger partial charge in [0, 0.05) is 37.6 Å². The lowest BCUT2D eigenvalue weighted by molar-refractivity contribution is -0.137. The average molecular weight is 648 g/mol. The zero-order chi connectivity index (χ0) is 32.1. The molecule has 1 N–H and O–H groups in total. The van der Waals surface area contributed by atoms with Gasteiger partial charge in [-0.2, -0.15) is 13.2 Å². The fraction of sp³-hybridized carbons (Fsp3) is 0.371. The summed E-state index contributed by atoms with van der Waals surface area (Å²) in [6.07, 6.45) is 3.14. The van der Waals surface area contributed by atoms with Crippen LogP contribution >= 0.6 is 11.6 Å². The van der Waals surface area contributed by atoms with Gasteiger partial charge in [-0.25, -0.2) is 0 Å². The number of benzene rings is 3. The van der Waals surface area contributed by atoms with Gasteiger partial charge < -0.3 is 10.2 Å². The van der Waals surface area contributed by atoms with Crippen molar-refractivity contribution in [3.63, 3.8) is 0 Å². The third-order valence-electron chi connectivity index (χ3n) is 9.90. The highest BCUT2D eigenvalue weighted by atomic mass is 35.5. The molecule has 11 heteroatoms. The highest BCUT2D eigenvalue weighted by Crippen LogP contribution is 2.42. The Bertz CT molecular complexity index is 1820. The molecule has 3 aromatic carbocycles. The zero-order valence-electron chi connectivity index (χ0n) is 25.1. The number of nitrogens with one attached hydrogen (secondary N) is 1. The number of hydrogen-bond donors (Lipinski definition) is 1. The van der Waals surface area contributed by atoms with E-state index >= 15 is 0 Å². The number of carbonyl (C=O) groups is 2. The lowest BCUT2D eigenvalue weighted by atomic mass is 9.77. The van der Waals surface area contributed by atoms with Crippen LogP contribution in [0.25, 0.3) is 11.0 Å². The van der Waals surface area contributed by atoms with Gasteiger partial charge in [0.15, 0.2) is 0 Å². The van der Waals surface area contributed by atoms with Crippen LogP contribution in [0.3, 0.4) is 0 Å². The van der Waals surface area contributed by atoms with E-state index in [0.717, 1.165) is 85.8 Å². The van der Waals surface area contributed by atoms with Crippen molar-refractivity contribution in [3.05, 3.63) is 105 Å². The summed E-state index contributed by atoms with van der Waals surface area (Å²) in [6, 6.07) is 14.1. The van der Waals surface area contributed by atoms with Crippen molar-refractivity contribution >= 4 is 34.4 Å². The second kappa shape index (κ2) is 12.0. The number of hydrogen-bond acceptors (Lipinski definition) is 5. The lowest BCUT2D eigenvalue weighted by Gasteiger charge is -2.39. The fourth-order valence-electron chi connectivity index (χ4n) is 7.25. The minimum Gasteiger partial charge on any atom is -0.345 e. The Morgan fingerprint density at radius 3 is 2.48 bits per heavy atom. The number of aromatic nitrogens is 2. The van der Waals surface area contributed by atoms with Crippen molar-refractivity contribution < 1.29 is 22.8 Å². The number of piperidine rings is 1. The van der Waals surface area contributed by atoms with Crippen LogP contribution in [0.15, 0.2) is 67.0 Å². The summed E-state index contributed by atoms with van der Waals surface area (Å²) < 4.78 is 39.8. The third-order valence-corrected chi connectivity index (χ3v) is 10.2. The molecule has 0 saturated carbocycles. The first-order valence-electron chi connectivity index (χ1n) is 15.6. The van der Waals surface area contributed by atoms with Crippen molar-refractivity contribution in [2.24, 2.45) is 5.41 Å². The van der Waals surface area contributed by atoms with Crippen molar-refractivity contribution in [2.75, 3.05) is 26.2 Å². The summed E-state index contributed by atoms with van der Waals surface area (Å²) in [5.41, 5.74) is 4.36. The topological polar surface area (TPSA) is 78.4 Å². The molecular formula is C35H33ClF3N5O2. The van der Waals surface area contributed by atoms with Gasteiger partial charge in [0.25, 0.3) is 11.8 Å². The van der Waals surface area contributed by atoms with E-state index in [1.54, 1.807) is 12.4 Å². The van der Waals surface area contributed by atoms with E-state index in [-0.39, 0.29) is 21.9 Å². The molecule has 2 aliphatic heterocycles. The van der Waals surface area contributed by atoms with Gasteiger partial charge >= 0.3 is 6.18 Å². The van der Waals surface area contributed by atoms with Gasteiger partial charge in [0.05, 0.1) is 33.2 Å². The quantitative estimate of drug-likeness (QED) is 0.257. The Balaban J connectivity index is 0.981. The van der Waals surface area contributed by atoms with E-state index < -0.39 is 23.7 Å². The molecular weight excluding hydrogens is 615 g/mol. The number of nitrogens with zero attached hydrogens (tertiary/aromatic N) is 4. The molecule has 7 rings (SSSR count). The molecule has 4 aromatic rings. The Morgan fingerprint density at radius 2 is 1.70 bits per heavy atom. The molecule has 2 saturated heterocycles. The predicted molar refractivity (Wildman–Crippen MR) is 168 cm³/mol. The highest BCUT2D eigenvalue weighted by Gasteiger charge is 2.42. The Labute approximate surface area is 269 Å². The SMILES string of the molecule is O=C(NC1CCc2ccc(C(=O)N3CCC4(CCN(Cc5ccc6nccnc6c5)CC4)C3)cc21)c1cc(C(F)(F)F)ccc1Cl. The minimum atomic E-state index is -4.59. The normalized spacial score (nSPS) is 19.5. The van der Waals surface area contributed by atoms with Crippen LogP contribution in [0.1, 0.15) is 74.7 Å². The van der Waals surface area contributed by atoms with Crippen LogP contribution in [0.5, 0.6) is 0 Å². The summed E-state index contributed by atoms with van der Waals surface area (Å²) in [6.45, 7) is 4.22. The molecule has 7 nitrogen and oxygen atoms in total. The summed E-state index contributed by atoms with van der Waals surface area (Å²) in [5.74, 6) is -0.704. The van der Waals surface area contributed by atoms with Crippen LogP contribution in [0.4, 0.5) is 13.2 Å². The molecule has 1 unspecified atom stereocenters. The molecule has 1 atom stereocenters. The van der Waals surface area contributed by atoms with Crippen LogP contribution in [-0.4, -0.2) is 57.8 Å². The number of halogens is 4. The van der Waals surface area contributed by atoms with E-state index in [0.29, 0.717) is 24.9 Å². The van der Waals surface area contributed by atoms with Crippen LogP contribution in [0, 0.1) is 5.41 Å². The number of carbonyl (C=O) groups excluding carboxylic acids is 2. The predicted octanol–water partition coefficient (Wildman–Crippen LogP) is 6.85. The van der Waals surface area contributed by atoms with Crippen LogP contribution < -0.4 is 5.32 Å². The molecule has 0 bridgehead atoms. The maximum absolute atomic E-state index is 13.7. The lowest BCUT2D eigenvalue weighted by Crippen LogP contribution is -2.42. The smallest absolute Gasteiger partial charge is 0.345 e. The fourth-order valence-corrected chi connectivity index (χ4v) is 7.45. The number of likely N-dealkylation sites (tertiary alicyclic amines) is 2. The van der Waals surface area contributed by atoms with Gasteiger partial charge in [0.2, 0.25) is 0 Å². The van der Waals surface area contributed by atoms with E-state index in [1.165, 1.54) is 5.56 Å². The molecule has 1 spiro atoms. The van der Waals surface area contributed by atoms with Gasteiger partial charge in [-0.1, -0.05) is 23.7 Å². The van der Waals surface area contributed by atoms with E-state index in [4.69, 9.17) is 11.6 Å². The molecule has 3 aliphatic rings. The second-order valence-electron chi connectivity index (χ2n) is 12.8. The van der Waals surface area contributed by atoms with Crippen molar-refractivity contribution in [1.29, 1.82) is 0 Å².